The summed E-state index contributed by atoms with van der Waals surface area (Å²) in [5.74, 6) is 1.49. The molecule has 0 aliphatic rings. The van der Waals surface area contributed by atoms with Gasteiger partial charge in [0.2, 0.25) is 11.8 Å². The topological polar surface area (TPSA) is 49.4 Å². The summed E-state index contributed by atoms with van der Waals surface area (Å²) in [6.45, 7) is 4.65. The van der Waals surface area contributed by atoms with Crippen LogP contribution in [0.15, 0.2) is 59.1 Å². The van der Waals surface area contributed by atoms with Crippen LogP contribution in [0, 0.1) is 0 Å². The van der Waals surface area contributed by atoms with Crippen LogP contribution in [-0.2, 0) is 21.9 Å². The van der Waals surface area contributed by atoms with Gasteiger partial charge in [0, 0.05) is 35.5 Å². The Bertz CT molecular complexity index is 753. The quantitative estimate of drug-likeness (QED) is 0.523. The molecule has 0 saturated heterocycles. The number of nitrogens with zero attached hydrogens (tertiary/aromatic N) is 1. The van der Waals surface area contributed by atoms with Crippen molar-refractivity contribution in [2.24, 2.45) is 0 Å². The molecule has 1 N–H and O–H groups in total. The van der Waals surface area contributed by atoms with E-state index in [0.29, 0.717) is 19.5 Å². The smallest absolute Gasteiger partial charge is 0.242 e. The van der Waals surface area contributed by atoms with Crippen molar-refractivity contribution >= 4 is 39.5 Å². The van der Waals surface area contributed by atoms with Crippen molar-refractivity contribution < 1.29 is 9.59 Å². The molecule has 28 heavy (non-hydrogen) atoms. The SMILES string of the molecule is CCNC(=O)[C@H](C)N(Cc1ccc(Br)cc1)C(=O)CCSCc1ccccc1. The summed E-state index contributed by atoms with van der Waals surface area (Å²) < 4.78 is 0.989. The largest absolute Gasteiger partial charge is 0.355 e. The average molecular weight is 463 g/mol. The van der Waals surface area contributed by atoms with Gasteiger partial charge in [0.15, 0.2) is 0 Å². The van der Waals surface area contributed by atoms with Gasteiger partial charge in [0.25, 0.3) is 0 Å². The Hall–Kier alpha value is -1.79. The lowest BCUT2D eigenvalue weighted by atomic mass is 10.1. The maximum atomic E-state index is 12.9. The lowest BCUT2D eigenvalue weighted by Gasteiger charge is -2.28. The molecular formula is C22H27BrN2O2S. The number of carbonyl (C=O) groups excluding carboxylic acids is 2. The summed E-state index contributed by atoms with van der Waals surface area (Å²) in [6.07, 6.45) is 0.414. The number of nitrogens with one attached hydrogen (secondary N) is 1. The number of rotatable bonds is 10. The Labute approximate surface area is 180 Å². The van der Waals surface area contributed by atoms with E-state index in [1.807, 2.05) is 49.4 Å². The van der Waals surface area contributed by atoms with E-state index in [1.54, 1.807) is 23.6 Å². The molecule has 0 aliphatic heterocycles. The molecule has 0 aliphatic carbocycles. The Kier molecular flexibility index (Phi) is 9.58. The van der Waals surface area contributed by atoms with E-state index in [-0.39, 0.29) is 11.8 Å². The van der Waals surface area contributed by atoms with Gasteiger partial charge < -0.3 is 10.2 Å². The molecule has 0 saturated carbocycles. The van der Waals surface area contributed by atoms with E-state index in [4.69, 9.17) is 0 Å². The first-order chi connectivity index (χ1) is 13.5. The van der Waals surface area contributed by atoms with Crippen LogP contribution in [0.3, 0.4) is 0 Å². The van der Waals surface area contributed by atoms with Gasteiger partial charge in [0.1, 0.15) is 6.04 Å². The molecule has 0 unspecified atom stereocenters. The fraction of sp³-hybridized carbons (Fsp3) is 0.364. The van der Waals surface area contributed by atoms with Crippen molar-refractivity contribution in [3.63, 3.8) is 0 Å². The van der Waals surface area contributed by atoms with E-state index >= 15 is 0 Å². The molecule has 0 spiro atoms. The minimum atomic E-state index is -0.504. The summed E-state index contributed by atoms with van der Waals surface area (Å²) in [5, 5.41) is 2.82. The second kappa shape index (κ2) is 11.9. The molecule has 4 nitrogen and oxygen atoms in total. The first-order valence-electron chi connectivity index (χ1n) is 9.44. The number of likely N-dealkylation sites (N-methyl/N-ethyl adjacent to an activating group) is 1. The van der Waals surface area contributed by atoms with Crippen LogP contribution in [0.25, 0.3) is 0 Å². The molecule has 2 amide bonds. The summed E-state index contributed by atoms with van der Waals surface area (Å²) in [5.41, 5.74) is 2.26. The Balaban J connectivity index is 1.96. The maximum absolute atomic E-state index is 12.9. The van der Waals surface area contributed by atoms with Crippen LogP contribution in [-0.4, -0.2) is 35.1 Å². The van der Waals surface area contributed by atoms with Crippen LogP contribution < -0.4 is 5.32 Å². The molecule has 150 valence electrons. The Morgan fingerprint density at radius 3 is 2.39 bits per heavy atom. The lowest BCUT2D eigenvalue weighted by molar-refractivity contribution is -0.140. The second-order valence-corrected chi connectivity index (χ2v) is 8.53. The van der Waals surface area contributed by atoms with Crippen LogP contribution in [0.5, 0.6) is 0 Å². The molecule has 2 aromatic rings. The molecule has 0 heterocycles. The monoisotopic (exact) mass is 462 g/mol. The zero-order valence-electron chi connectivity index (χ0n) is 16.4. The summed E-state index contributed by atoms with van der Waals surface area (Å²) in [4.78, 5) is 26.9. The summed E-state index contributed by atoms with van der Waals surface area (Å²) in [6, 6.07) is 17.6. The third-order valence-electron chi connectivity index (χ3n) is 4.36. The molecule has 1 atom stereocenters. The minimum absolute atomic E-state index is 0.00207. The summed E-state index contributed by atoms with van der Waals surface area (Å²) in [7, 11) is 0. The molecule has 6 heteroatoms. The van der Waals surface area contributed by atoms with E-state index < -0.39 is 6.04 Å². The predicted molar refractivity (Wildman–Crippen MR) is 120 cm³/mol. The molecule has 0 fully saturated rings. The molecule has 0 bridgehead atoms. The van der Waals surface area contributed by atoms with E-state index in [1.165, 1.54) is 5.56 Å². The van der Waals surface area contributed by atoms with Crippen molar-refractivity contribution in [3.05, 3.63) is 70.2 Å². The van der Waals surface area contributed by atoms with Crippen molar-refractivity contribution in [1.29, 1.82) is 0 Å². The predicted octanol–water partition coefficient (Wildman–Crippen LogP) is 4.63. The first-order valence-corrected chi connectivity index (χ1v) is 11.4. The van der Waals surface area contributed by atoms with Crippen LogP contribution >= 0.6 is 27.7 Å². The standard InChI is InChI=1S/C22H27BrN2O2S/c1-3-24-22(27)17(2)25(15-18-9-11-20(23)12-10-18)21(26)13-14-28-16-19-7-5-4-6-8-19/h4-12,17H,3,13-16H2,1-2H3,(H,24,27)/t17-/m0/s1. The fourth-order valence-corrected chi connectivity index (χ4v) is 3.91. The van der Waals surface area contributed by atoms with E-state index in [0.717, 1.165) is 21.5 Å². The van der Waals surface area contributed by atoms with Crippen LogP contribution in [0.1, 0.15) is 31.4 Å². The van der Waals surface area contributed by atoms with Gasteiger partial charge >= 0.3 is 0 Å². The Morgan fingerprint density at radius 2 is 1.75 bits per heavy atom. The highest BCUT2D eigenvalue weighted by Gasteiger charge is 2.25. The molecular weight excluding hydrogens is 436 g/mol. The number of amides is 2. The lowest BCUT2D eigenvalue weighted by Crippen LogP contribution is -2.47. The number of hydrogen-bond donors (Lipinski definition) is 1. The van der Waals surface area contributed by atoms with Gasteiger partial charge in [0.05, 0.1) is 0 Å². The van der Waals surface area contributed by atoms with Crippen molar-refractivity contribution in [2.75, 3.05) is 12.3 Å². The second-order valence-electron chi connectivity index (χ2n) is 6.51. The highest BCUT2D eigenvalue weighted by Crippen LogP contribution is 2.17. The highest BCUT2D eigenvalue weighted by atomic mass is 79.9. The molecule has 2 rings (SSSR count). The van der Waals surface area contributed by atoms with Gasteiger partial charge in [-0.25, -0.2) is 0 Å². The number of carbonyl (C=O) groups is 2. The molecule has 0 aromatic heterocycles. The van der Waals surface area contributed by atoms with Crippen molar-refractivity contribution in [2.45, 2.75) is 38.6 Å². The number of hydrogen-bond acceptors (Lipinski definition) is 3. The van der Waals surface area contributed by atoms with Crippen molar-refractivity contribution in [1.82, 2.24) is 10.2 Å². The van der Waals surface area contributed by atoms with E-state index in [2.05, 4.69) is 33.4 Å². The van der Waals surface area contributed by atoms with Crippen LogP contribution in [0.2, 0.25) is 0 Å². The Morgan fingerprint density at radius 1 is 1.07 bits per heavy atom. The average Bonchev–Trinajstić information content (AvgIpc) is 2.71. The third-order valence-corrected chi connectivity index (χ3v) is 5.92. The van der Waals surface area contributed by atoms with E-state index in [9.17, 15) is 9.59 Å². The van der Waals surface area contributed by atoms with Gasteiger partial charge in [-0.2, -0.15) is 11.8 Å². The zero-order chi connectivity index (χ0) is 20.4. The van der Waals surface area contributed by atoms with Gasteiger partial charge in [-0.15, -0.1) is 0 Å². The van der Waals surface area contributed by atoms with Gasteiger partial charge in [-0.3, -0.25) is 9.59 Å². The number of benzene rings is 2. The number of halogens is 1. The van der Waals surface area contributed by atoms with Crippen LogP contribution in [0.4, 0.5) is 0 Å². The molecule has 2 aromatic carbocycles. The van der Waals surface area contributed by atoms with Gasteiger partial charge in [-0.1, -0.05) is 58.4 Å². The zero-order valence-corrected chi connectivity index (χ0v) is 18.8. The third kappa shape index (κ3) is 7.32. The highest BCUT2D eigenvalue weighted by molar-refractivity contribution is 9.10. The first kappa shape index (κ1) is 22.5. The normalized spacial score (nSPS) is 11.7. The maximum Gasteiger partial charge on any atom is 0.242 e. The van der Waals surface area contributed by atoms with Gasteiger partial charge in [-0.05, 0) is 37.1 Å². The molecule has 0 radical (unpaired) electrons. The fourth-order valence-electron chi connectivity index (χ4n) is 2.76. The summed E-state index contributed by atoms with van der Waals surface area (Å²) >= 11 is 5.16. The number of thioether (sulfide) groups is 1. The van der Waals surface area contributed by atoms with Crippen molar-refractivity contribution in [3.8, 4) is 0 Å². The minimum Gasteiger partial charge on any atom is -0.355 e.